The van der Waals surface area contributed by atoms with E-state index in [2.05, 4.69) is 19.7 Å². The van der Waals surface area contributed by atoms with Crippen LogP contribution < -0.4 is 0 Å². The number of aromatic carboxylic acids is 1. The molecular formula is C29H30O10. The SMILES string of the molecule is C=C(C)C(=O)OCC(COC(=O)C(=C)C)(COC(=O)C(=C)C)COC(=O)c1ccc2cc(C(=O)O)ccc2c1. The molecule has 0 saturated carbocycles. The smallest absolute Gasteiger partial charge is 0.338 e. The van der Waals surface area contributed by atoms with Crippen LogP contribution in [-0.4, -0.2) is 61.4 Å². The van der Waals surface area contributed by atoms with Gasteiger partial charge in [0.15, 0.2) is 0 Å². The molecule has 10 nitrogen and oxygen atoms in total. The van der Waals surface area contributed by atoms with Gasteiger partial charge in [0.2, 0.25) is 0 Å². The molecule has 0 radical (unpaired) electrons. The summed E-state index contributed by atoms with van der Waals surface area (Å²) in [6.45, 7) is 13.0. The van der Waals surface area contributed by atoms with Crippen LogP contribution in [0.3, 0.4) is 0 Å². The quantitative estimate of drug-likeness (QED) is 0.225. The molecule has 10 heteroatoms. The molecule has 2 rings (SSSR count). The molecule has 0 fully saturated rings. The molecule has 0 atom stereocenters. The predicted molar refractivity (Wildman–Crippen MR) is 141 cm³/mol. The molecule has 0 spiro atoms. The lowest BCUT2D eigenvalue weighted by Gasteiger charge is -2.31. The van der Waals surface area contributed by atoms with Crippen molar-refractivity contribution < 1.29 is 48.0 Å². The Balaban J connectivity index is 2.34. The number of carboxylic acids is 1. The second-order valence-electron chi connectivity index (χ2n) is 9.23. The zero-order valence-corrected chi connectivity index (χ0v) is 22.0. The molecule has 206 valence electrons. The van der Waals surface area contributed by atoms with E-state index in [1.165, 1.54) is 45.0 Å². The van der Waals surface area contributed by atoms with E-state index < -0.39 is 61.7 Å². The van der Waals surface area contributed by atoms with Crippen LogP contribution in [0, 0.1) is 5.41 Å². The highest BCUT2D eigenvalue weighted by atomic mass is 16.6. The molecule has 0 aromatic heterocycles. The van der Waals surface area contributed by atoms with E-state index in [0.717, 1.165) is 0 Å². The first-order valence-corrected chi connectivity index (χ1v) is 11.7. The summed E-state index contributed by atoms with van der Waals surface area (Å²) in [6, 6.07) is 9.00. The summed E-state index contributed by atoms with van der Waals surface area (Å²) in [4.78, 5) is 60.5. The van der Waals surface area contributed by atoms with Gasteiger partial charge in [-0.1, -0.05) is 31.9 Å². The molecule has 0 amide bonds. The second kappa shape index (κ2) is 13.2. The minimum absolute atomic E-state index is 0.0977. The van der Waals surface area contributed by atoms with Gasteiger partial charge in [-0.15, -0.1) is 0 Å². The largest absolute Gasteiger partial charge is 0.478 e. The molecule has 39 heavy (non-hydrogen) atoms. The molecule has 0 unspecified atom stereocenters. The minimum atomic E-state index is -1.48. The number of carbonyl (C=O) groups is 5. The van der Waals surface area contributed by atoms with Gasteiger partial charge in [-0.05, 0) is 55.8 Å². The summed E-state index contributed by atoms with van der Waals surface area (Å²) in [5, 5.41) is 10.4. The van der Waals surface area contributed by atoms with Crippen molar-refractivity contribution in [2.24, 2.45) is 5.41 Å². The standard InChI is InChI=1S/C29H30O10/c1-17(2)25(32)36-13-29(14-37-26(33)18(3)4,15-38-27(34)19(5)6)16-39-28(35)23-10-8-20-11-22(24(30)31)9-7-21(20)12-23/h7-12H,1,3,5,13-16H2,2,4,6H3,(H,30,31). The van der Waals surface area contributed by atoms with Crippen molar-refractivity contribution in [1.29, 1.82) is 0 Å². The van der Waals surface area contributed by atoms with Gasteiger partial charge in [0.25, 0.3) is 0 Å². The number of hydrogen-bond donors (Lipinski definition) is 1. The van der Waals surface area contributed by atoms with Crippen LogP contribution in [-0.2, 0) is 33.3 Å². The number of carboxylic acid groups (broad SMARTS) is 1. The summed E-state index contributed by atoms with van der Waals surface area (Å²) in [6.07, 6.45) is 0. The lowest BCUT2D eigenvalue weighted by Crippen LogP contribution is -2.44. The third-order valence-electron chi connectivity index (χ3n) is 5.41. The highest BCUT2D eigenvalue weighted by molar-refractivity contribution is 5.98. The lowest BCUT2D eigenvalue weighted by atomic mass is 9.92. The minimum Gasteiger partial charge on any atom is -0.478 e. The monoisotopic (exact) mass is 538 g/mol. The summed E-state index contributed by atoms with van der Waals surface area (Å²) in [5.41, 5.74) is -0.941. The zero-order chi connectivity index (χ0) is 29.3. The van der Waals surface area contributed by atoms with E-state index in [1.807, 2.05) is 0 Å². The van der Waals surface area contributed by atoms with Gasteiger partial charge in [-0.25, -0.2) is 24.0 Å². The Labute approximate surface area is 225 Å². The van der Waals surface area contributed by atoms with Crippen molar-refractivity contribution in [3.05, 3.63) is 84.0 Å². The number of esters is 4. The Morgan fingerprint density at radius 1 is 0.641 bits per heavy atom. The zero-order valence-electron chi connectivity index (χ0n) is 22.0. The number of ether oxygens (including phenoxy) is 4. The predicted octanol–water partition coefficient (Wildman–Crippen LogP) is 4.04. The number of fused-ring (bicyclic) bond motifs is 1. The average molecular weight is 539 g/mol. The van der Waals surface area contributed by atoms with Crippen LogP contribution in [0.4, 0.5) is 0 Å². The average Bonchev–Trinajstić information content (AvgIpc) is 2.90. The Morgan fingerprint density at radius 3 is 1.38 bits per heavy atom. The lowest BCUT2D eigenvalue weighted by molar-refractivity contribution is -0.160. The van der Waals surface area contributed by atoms with Gasteiger partial charge in [-0.2, -0.15) is 0 Å². The first-order chi connectivity index (χ1) is 18.2. The number of benzene rings is 2. The van der Waals surface area contributed by atoms with Crippen molar-refractivity contribution in [1.82, 2.24) is 0 Å². The summed E-state index contributed by atoms with van der Waals surface area (Å²) < 4.78 is 21.3. The third-order valence-corrected chi connectivity index (χ3v) is 5.41. The molecule has 0 saturated heterocycles. The fourth-order valence-electron chi connectivity index (χ4n) is 3.08. The molecule has 0 aliphatic carbocycles. The number of rotatable bonds is 13. The molecule has 0 bridgehead atoms. The summed E-state index contributed by atoms with van der Waals surface area (Å²) in [5.74, 6) is -4.11. The fourth-order valence-corrected chi connectivity index (χ4v) is 3.08. The Hall–Kier alpha value is -4.73. The van der Waals surface area contributed by atoms with Crippen molar-refractivity contribution >= 4 is 40.6 Å². The van der Waals surface area contributed by atoms with E-state index in [-0.39, 0.29) is 27.8 Å². The number of hydrogen-bond acceptors (Lipinski definition) is 9. The summed E-state index contributed by atoms with van der Waals surface area (Å²) >= 11 is 0. The first kappa shape index (κ1) is 30.5. The van der Waals surface area contributed by atoms with Gasteiger partial charge in [0.05, 0.1) is 11.1 Å². The third kappa shape index (κ3) is 8.67. The van der Waals surface area contributed by atoms with E-state index in [4.69, 9.17) is 18.9 Å². The van der Waals surface area contributed by atoms with Crippen molar-refractivity contribution in [3.8, 4) is 0 Å². The molecule has 2 aromatic rings. The maximum absolute atomic E-state index is 13.0. The van der Waals surface area contributed by atoms with Crippen molar-refractivity contribution in [2.45, 2.75) is 20.8 Å². The molecule has 2 aromatic carbocycles. The highest BCUT2D eigenvalue weighted by Crippen LogP contribution is 2.24. The van der Waals surface area contributed by atoms with Crippen molar-refractivity contribution in [2.75, 3.05) is 26.4 Å². The van der Waals surface area contributed by atoms with E-state index in [9.17, 15) is 29.1 Å². The Kier molecular flexibility index (Phi) is 10.3. The molecular weight excluding hydrogens is 508 g/mol. The van der Waals surface area contributed by atoms with Crippen LogP contribution >= 0.6 is 0 Å². The van der Waals surface area contributed by atoms with Crippen LogP contribution in [0.15, 0.2) is 72.9 Å². The van der Waals surface area contributed by atoms with Gasteiger partial charge in [0.1, 0.15) is 31.8 Å². The van der Waals surface area contributed by atoms with Gasteiger partial charge in [-0.3, -0.25) is 0 Å². The van der Waals surface area contributed by atoms with Crippen LogP contribution in [0.25, 0.3) is 10.8 Å². The van der Waals surface area contributed by atoms with Gasteiger partial charge >= 0.3 is 29.8 Å². The summed E-state index contributed by atoms with van der Waals surface area (Å²) in [7, 11) is 0. The van der Waals surface area contributed by atoms with E-state index in [1.54, 1.807) is 12.1 Å². The molecule has 0 aliphatic rings. The fraction of sp³-hybridized carbons (Fsp3) is 0.276. The highest BCUT2D eigenvalue weighted by Gasteiger charge is 2.38. The Bertz CT molecular complexity index is 1280. The second-order valence-corrected chi connectivity index (χ2v) is 9.23. The Morgan fingerprint density at radius 2 is 1.00 bits per heavy atom. The van der Waals surface area contributed by atoms with Crippen LogP contribution in [0.5, 0.6) is 0 Å². The topological polar surface area (TPSA) is 142 Å². The maximum Gasteiger partial charge on any atom is 0.338 e. The molecule has 0 aliphatic heterocycles. The van der Waals surface area contributed by atoms with Crippen LogP contribution in [0.1, 0.15) is 41.5 Å². The maximum atomic E-state index is 13.0. The van der Waals surface area contributed by atoms with Gasteiger partial charge in [0, 0.05) is 16.7 Å². The number of carbonyl (C=O) groups excluding carboxylic acids is 4. The van der Waals surface area contributed by atoms with Gasteiger partial charge < -0.3 is 24.1 Å². The van der Waals surface area contributed by atoms with E-state index in [0.29, 0.717) is 10.8 Å². The molecule has 1 N–H and O–H groups in total. The van der Waals surface area contributed by atoms with Crippen LogP contribution in [0.2, 0.25) is 0 Å². The normalized spacial score (nSPS) is 10.7. The molecule has 0 heterocycles. The first-order valence-electron chi connectivity index (χ1n) is 11.7. The van der Waals surface area contributed by atoms with Crippen molar-refractivity contribution in [3.63, 3.8) is 0 Å². The van der Waals surface area contributed by atoms with E-state index >= 15 is 0 Å².